The van der Waals surface area contributed by atoms with Gasteiger partial charge in [0.1, 0.15) is 0 Å². The second-order valence-corrected chi connectivity index (χ2v) is 2.15. The van der Waals surface area contributed by atoms with E-state index in [-0.39, 0.29) is 5.88 Å². The SMILES string of the molecule is CN1CCC[N-]C=C1[O-]. The fraction of sp³-hybridized carbons (Fsp3) is 0.667. The molecule has 1 aliphatic heterocycles. The van der Waals surface area contributed by atoms with Crippen LogP contribution in [0.25, 0.3) is 5.32 Å². The maximum atomic E-state index is 10.8. The van der Waals surface area contributed by atoms with Crippen molar-refractivity contribution in [3.63, 3.8) is 0 Å². The van der Waals surface area contributed by atoms with Gasteiger partial charge < -0.3 is 15.3 Å². The van der Waals surface area contributed by atoms with Gasteiger partial charge in [0.05, 0.1) is 0 Å². The summed E-state index contributed by atoms with van der Waals surface area (Å²) >= 11 is 0. The summed E-state index contributed by atoms with van der Waals surface area (Å²) in [6, 6.07) is 0. The molecule has 52 valence electrons. The van der Waals surface area contributed by atoms with Gasteiger partial charge in [-0.15, -0.1) is 6.54 Å². The molecule has 0 atom stereocenters. The number of rotatable bonds is 0. The van der Waals surface area contributed by atoms with Crippen LogP contribution in [0.15, 0.2) is 12.1 Å². The van der Waals surface area contributed by atoms with E-state index in [9.17, 15) is 5.11 Å². The topological polar surface area (TPSA) is 40.4 Å². The molecule has 0 saturated carbocycles. The van der Waals surface area contributed by atoms with Gasteiger partial charge in [-0.05, 0) is 0 Å². The molecule has 0 amide bonds. The molecule has 0 aromatic heterocycles. The van der Waals surface area contributed by atoms with E-state index in [0.717, 1.165) is 19.5 Å². The molecule has 0 radical (unpaired) electrons. The van der Waals surface area contributed by atoms with Gasteiger partial charge in [0.2, 0.25) is 0 Å². The summed E-state index contributed by atoms with van der Waals surface area (Å²) in [6.45, 7) is 1.62. The molecule has 1 heterocycles. The largest absolute Gasteiger partial charge is 0.862 e. The summed E-state index contributed by atoms with van der Waals surface area (Å²) < 4.78 is 0. The monoisotopic (exact) mass is 126 g/mol. The Hall–Kier alpha value is -0.860. The molecule has 0 N–H and O–H groups in total. The van der Waals surface area contributed by atoms with Crippen molar-refractivity contribution in [2.45, 2.75) is 6.42 Å². The predicted octanol–water partition coefficient (Wildman–Crippen LogP) is -0.145. The summed E-state index contributed by atoms with van der Waals surface area (Å²) in [4.78, 5) is 1.68. The Morgan fingerprint density at radius 3 is 3.33 bits per heavy atom. The quantitative estimate of drug-likeness (QED) is 0.453. The highest BCUT2D eigenvalue weighted by Gasteiger charge is 1.91. The molecule has 3 nitrogen and oxygen atoms in total. The summed E-state index contributed by atoms with van der Waals surface area (Å²) in [5.41, 5.74) is 0. The zero-order valence-electron chi connectivity index (χ0n) is 5.50. The molecule has 0 unspecified atom stereocenters. The lowest BCUT2D eigenvalue weighted by molar-refractivity contribution is -0.330. The molecule has 9 heavy (non-hydrogen) atoms. The lowest BCUT2D eigenvalue weighted by Gasteiger charge is -2.26. The second-order valence-electron chi connectivity index (χ2n) is 2.15. The van der Waals surface area contributed by atoms with E-state index in [2.05, 4.69) is 5.32 Å². The Labute approximate surface area is 55.0 Å². The number of hydrogen-bond donors (Lipinski definition) is 0. The maximum absolute atomic E-state index is 10.8. The van der Waals surface area contributed by atoms with Crippen LogP contribution in [0.4, 0.5) is 0 Å². The van der Waals surface area contributed by atoms with Gasteiger partial charge >= 0.3 is 0 Å². The zero-order valence-corrected chi connectivity index (χ0v) is 5.50. The average Bonchev–Trinajstić information content (AvgIpc) is 1.99. The molecule has 0 fully saturated rings. The fourth-order valence-corrected chi connectivity index (χ4v) is 0.751. The van der Waals surface area contributed by atoms with Crippen molar-refractivity contribution in [3.05, 3.63) is 17.4 Å². The molecule has 0 aromatic carbocycles. The van der Waals surface area contributed by atoms with Crippen molar-refractivity contribution in [1.82, 2.24) is 4.90 Å². The van der Waals surface area contributed by atoms with Crippen LogP contribution in [-0.4, -0.2) is 25.0 Å². The van der Waals surface area contributed by atoms with E-state index in [4.69, 9.17) is 0 Å². The minimum absolute atomic E-state index is 0.0208. The highest BCUT2D eigenvalue weighted by atomic mass is 16.3. The lowest BCUT2D eigenvalue weighted by Crippen LogP contribution is -2.25. The van der Waals surface area contributed by atoms with Crippen LogP contribution in [-0.2, 0) is 0 Å². The highest BCUT2D eigenvalue weighted by Crippen LogP contribution is 2.04. The van der Waals surface area contributed by atoms with E-state index in [1.807, 2.05) is 0 Å². The smallest absolute Gasteiger partial charge is 0.0148 e. The minimum Gasteiger partial charge on any atom is -0.862 e. The molecule has 1 rings (SSSR count). The van der Waals surface area contributed by atoms with E-state index in [1.165, 1.54) is 6.20 Å². The van der Waals surface area contributed by atoms with Crippen molar-refractivity contribution >= 4 is 0 Å². The molecule has 0 aliphatic carbocycles. The first kappa shape index (κ1) is 6.26. The van der Waals surface area contributed by atoms with Gasteiger partial charge in [-0.3, -0.25) is 0 Å². The van der Waals surface area contributed by atoms with Crippen molar-refractivity contribution < 1.29 is 5.11 Å². The van der Waals surface area contributed by atoms with Gasteiger partial charge in [0.25, 0.3) is 0 Å². The molecule has 1 aliphatic rings. The summed E-state index contributed by atoms with van der Waals surface area (Å²) in [7, 11) is 1.79. The Morgan fingerprint density at radius 2 is 2.56 bits per heavy atom. The molecular weight excluding hydrogens is 116 g/mol. The minimum atomic E-state index is 0.0208. The van der Waals surface area contributed by atoms with Crippen molar-refractivity contribution in [2.24, 2.45) is 0 Å². The molecule has 0 aromatic rings. The number of nitrogens with zero attached hydrogens (tertiary/aromatic N) is 2. The van der Waals surface area contributed by atoms with E-state index >= 15 is 0 Å². The Kier molecular flexibility index (Phi) is 1.82. The fourth-order valence-electron chi connectivity index (χ4n) is 0.751. The van der Waals surface area contributed by atoms with Crippen molar-refractivity contribution in [1.29, 1.82) is 0 Å². The summed E-state index contributed by atoms with van der Waals surface area (Å²) in [5.74, 6) is 0.0208. The van der Waals surface area contributed by atoms with Crippen LogP contribution >= 0.6 is 0 Å². The van der Waals surface area contributed by atoms with Gasteiger partial charge in [0, 0.05) is 13.6 Å². The van der Waals surface area contributed by atoms with Crippen LogP contribution in [0.3, 0.4) is 0 Å². The average molecular weight is 126 g/mol. The third-order valence-electron chi connectivity index (χ3n) is 1.36. The van der Waals surface area contributed by atoms with Gasteiger partial charge in [-0.25, -0.2) is 0 Å². The number of hydrogen-bond acceptors (Lipinski definition) is 2. The Balaban J connectivity index is 2.51. The zero-order chi connectivity index (χ0) is 6.69. The van der Waals surface area contributed by atoms with E-state index in [1.54, 1.807) is 11.9 Å². The Morgan fingerprint density at radius 1 is 1.78 bits per heavy atom. The van der Waals surface area contributed by atoms with Gasteiger partial charge in [-0.2, -0.15) is 6.20 Å². The Bertz CT molecular complexity index is 122. The van der Waals surface area contributed by atoms with Crippen LogP contribution in [0.1, 0.15) is 6.42 Å². The summed E-state index contributed by atoms with van der Waals surface area (Å²) in [6.07, 6.45) is 2.38. The molecule has 0 saturated heterocycles. The molecule has 0 spiro atoms. The summed E-state index contributed by atoms with van der Waals surface area (Å²) in [5, 5.41) is 14.7. The van der Waals surface area contributed by atoms with E-state index in [0.29, 0.717) is 0 Å². The van der Waals surface area contributed by atoms with Crippen molar-refractivity contribution in [2.75, 3.05) is 20.1 Å². The van der Waals surface area contributed by atoms with E-state index < -0.39 is 0 Å². The van der Waals surface area contributed by atoms with Crippen LogP contribution in [0.5, 0.6) is 0 Å². The van der Waals surface area contributed by atoms with Crippen molar-refractivity contribution in [3.8, 4) is 0 Å². The molecule has 3 heteroatoms. The predicted molar refractivity (Wildman–Crippen MR) is 33.6 cm³/mol. The first-order chi connectivity index (χ1) is 4.30. The maximum Gasteiger partial charge on any atom is 0.0148 e. The van der Waals surface area contributed by atoms with Gasteiger partial charge in [-0.1, -0.05) is 12.3 Å². The molecule has 0 bridgehead atoms. The normalized spacial score (nSPS) is 20.1. The third kappa shape index (κ3) is 1.52. The van der Waals surface area contributed by atoms with Crippen LogP contribution in [0, 0.1) is 0 Å². The van der Waals surface area contributed by atoms with Gasteiger partial charge in [0.15, 0.2) is 0 Å². The first-order valence-corrected chi connectivity index (χ1v) is 3.05. The first-order valence-electron chi connectivity index (χ1n) is 3.05. The third-order valence-corrected chi connectivity index (χ3v) is 1.36. The second kappa shape index (κ2) is 2.62. The van der Waals surface area contributed by atoms with Crippen LogP contribution < -0.4 is 5.11 Å². The van der Waals surface area contributed by atoms with Crippen LogP contribution in [0.2, 0.25) is 0 Å². The molecular formula is C6H10N2O-2. The lowest BCUT2D eigenvalue weighted by atomic mass is 10.4. The highest BCUT2D eigenvalue weighted by molar-refractivity contribution is 5.05. The standard InChI is InChI=1S/C6H11N2O/c1-8-4-2-3-7-5-6(8)9/h5,9H,2-4H2,1H3/q-1/p-1.